The van der Waals surface area contributed by atoms with Gasteiger partial charge in [-0.3, -0.25) is 9.59 Å². The number of hydrogen-bond acceptors (Lipinski definition) is 3. The van der Waals surface area contributed by atoms with E-state index >= 15 is 0 Å². The lowest BCUT2D eigenvalue weighted by molar-refractivity contribution is -0.142. The van der Waals surface area contributed by atoms with Crippen LogP contribution in [0.1, 0.15) is 32.6 Å². The number of amides is 1. The third-order valence-corrected chi connectivity index (χ3v) is 2.69. The molecule has 5 nitrogen and oxygen atoms in total. The number of likely N-dealkylation sites (tertiary alicyclic amines) is 1. The summed E-state index contributed by atoms with van der Waals surface area (Å²) in [6.45, 7) is 3.92. The number of carboxylic acid groups (broad SMARTS) is 1. The Labute approximate surface area is 95.4 Å². The number of carboxylic acids is 1. The average Bonchev–Trinajstić information content (AvgIpc) is 2.26. The summed E-state index contributed by atoms with van der Waals surface area (Å²) in [4.78, 5) is 23.7. The van der Waals surface area contributed by atoms with Crippen LogP contribution >= 0.6 is 0 Å². The normalized spacial score (nSPS) is 20.8. The predicted octanol–water partition coefficient (Wildman–Crippen LogP) is 0.879. The molecule has 1 amide bonds. The molecule has 1 heterocycles. The molecule has 0 aliphatic carbocycles. The molecule has 0 spiro atoms. The summed E-state index contributed by atoms with van der Waals surface area (Å²) in [6.07, 6.45) is 2.04. The topological polar surface area (TPSA) is 66.8 Å². The zero-order valence-corrected chi connectivity index (χ0v) is 9.65. The van der Waals surface area contributed by atoms with Crippen LogP contribution in [0.15, 0.2) is 0 Å². The molecule has 0 bridgehead atoms. The van der Waals surface area contributed by atoms with E-state index in [-0.39, 0.29) is 24.9 Å². The van der Waals surface area contributed by atoms with Crippen molar-refractivity contribution in [2.45, 2.75) is 38.7 Å². The van der Waals surface area contributed by atoms with Gasteiger partial charge in [-0.1, -0.05) is 0 Å². The Bertz CT molecular complexity index is 252. The highest BCUT2D eigenvalue weighted by Crippen LogP contribution is 2.14. The fourth-order valence-electron chi connectivity index (χ4n) is 1.91. The molecule has 92 valence electrons. The van der Waals surface area contributed by atoms with Gasteiger partial charge in [0.15, 0.2) is 0 Å². The molecule has 1 aliphatic rings. The van der Waals surface area contributed by atoms with Crippen molar-refractivity contribution in [3.8, 4) is 0 Å². The van der Waals surface area contributed by atoms with E-state index in [9.17, 15) is 9.59 Å². The molecular weight excluding hydrogens is 210 g/mol. The molecule has 0 aromatic heterocycles. The first kappa shape index (κ1) is 13.0. The average molecular weight is 229 g/mol. The van der Waals surface area contributed by atoms with Crippen molar-refractivity contribution < 1.29 is 19.4 Å². The minimum Gasteiger partial charge on any atom is -0.481 e. The minimum absolute atomic E-state index is 0.0770. The van der Waals surface area contributed by atoms with E-state index in [0.717, 1.165) is 19.4 Å². The van der Waals surface area contributed by atoms with Crippen molar-refractivity contribution in [2.75, 3.05) is 19.7 Å². The Hall–Kier alpha value is -1.10. The van der Waals surface area contributed by atoms with Crippen molar-refractivity contribution in [3.05, 3.63) is 0 Å². The van der Waals surface area contributed by atoms with Gasteiger partial charge in [0.05, 0.1) is 12.5 Å². The molecule has 0 aromatic carbocycles. The van der Waals surface area contributed by atoms with E-state index in [1.807, 2.05) is 6.92 Å². The first-order valence-corrected chi connectivity index (χ1v) is 5.74. The van der Waals surface area contributed by atoms with E-state index in [1.165, 1.54) is 0 Å². The molecule has 0 aromatic rings. The van der Waals surface area contributed by atoms with Crippen LogP contribution in [0.5, 0.6) is 0 Å². The Balaban J connectivity index is 2.34. The highest BCUT2D eigenvalue weighted by Gasteiger charge is 2.23. The number of rotatable bonds is 5. The van der Waals surface area contributed by atoms with Crippen molar-refractivity contribution in [1.29, 1.82) is 0 Å². The monoisotopic (exact) mass is 229 g/mol. The summed E-state index contributed by atoms with van der Waals surface area (Å²) >= 11 is 0. The summed E-state index contributed by atoms with van der Waals surface area (Å²) in [5.74, 6) is -1.00. The van der Waals surface area contributed by atoms with Crippen molar-refractivity contribution in [3.63, 3.8) is 0 Å². The maximum Gasteiger partial charge on any atom is 0.303 e. The third-order valence-electron chi connectivity index (χ3n) is 2.69. The van der Waals surface area contributed by atoms with E-state index in [2.05, 4.69) is 0 Å². The lowest BCUT2D eigenvalue weighted by Gasteiger charge is -2.32. The Kier molecular flexibility index (Phi) is 5.25. The lowest BCUT2D eigenvalue weighted by Crippen LogP contribution is -2.43. The molecule has 0 saturated carbocycles. The quantitative estimate of drug-likeness (QED) is 0.760. The highest BCUT2D eigenvalue weighted by atomic mass is 16.5. The van der Waals surface area contributed by atoms with Crippen LogP contribution in [0, 0.1) is 0 Å². The van der Waals surface area contributed by atoms with Gasteiger partial charge in [-0.25, -0.2) is 0 Å². The molecule has 1 rings (SSSR count). The van der Waals surface area contributed by atoms with Crippen LogP contribution in [0.25, 0.3) is 0 Å². The van der Waals surface area contributed by atoms with E-state index in [1.54, 1.807) is 4.90 Å². The Morgan fingerprint density at radius 3 is 2.81 bits per heavy atom. The second kappa shape index (κ2) is 6.48. The SMILES string of the molecule is CCOC1CCCN(C(=O)CCC(=O)O)C1. The fourth-order valence-corrected chi connectivity index (χ4v) is 1.91. The van der Waals surface area contributed by atoms with Gasteiger partial charge in [-0.15, -0.1) is 0 Å². The summed E-state index contributed by atoms with van der Waals surface area (Å²) < 4.78 is 5.48. The number of aliphatic carboxylic acids is 1. The van der Waals surface area contributed by atoms with Crippen LogP contribution in [-0.2, 0) is 14.3 Å². The molecule has 1 saturated heterocycles. The van der Waals surface area contributed by atoms with Crippen molar-refractivity contribution in [1.82, 2.24) is 4.90 Å². The number of nitrogens with zero attached hydrogens (tertiary/aromatic N) is 1. The molecule has 1 atom stereocenters. The smallest absolute Gasteiger partial charge is 0.303 e. The standard InChI is InChI=1S/C11H19NO4/c1-2-16-9-4-3-7-12(8-9)10(13)5-6-11(14)15/h9H,2-8H2,1H3,(H,14,15). The van der Waals surface area contributed by atoms with E-state index in [0.29, 0.717) is 13.2 Å². The van der Waals surface area contributed by atoms with Crippen molar-refractivity contribution >= 4 is 11.9 Å². The summed E-state index contributed by atoms with van der Waals surface area (Å²) in [7, 11) is 0. The van der Waals surface area contributed by atoms with Gasteiger partial charge in [0, 0.05) is 26.1 Å². The molecule has 16 heavy (non-hydrogen) atoms. The van der Waals surface area contributed by atoms with Gasteiger partial charge in [0.2, 0.25) is 5.91 Å². The van der Waals surface area contributed by atoms with Gasteiger partial charge >= 0.3 is 5.97 Å². The third kappa shape index (κ3) is 4.18. The van der Waals surface area contributed by atoms with Gasteiger partial charge in [-0.05, 0) is 19.8 Å². The summed E-state index contributed by atoms with van der Waals surface area (Å²) in [6, 6.07) is 0. The van der Waals surface area contributed by atoms with Crippen LogP contribution in [0.3, 0.4) is 0 Å². The zero-order valence-electron chi connectivity index (χ0n) is 9.65. The Morgan fingerprint density at radius 1 is 1.44 bits per heavy atom. The molecule has 0 radical (unpaired) electrons. The van der Waals surface area contributed by atoms with Crippen LogP contribution < -0.4 is 0 Å². The van der Waals surface area contributed by atoms with Crippen LogP contribution in [0.2, 0.25) is 0 Å². The minimum atomic E-state index is -0.924. The molecule has 1 unspecified atom stereocenters. The zero-order chi connectivity index (χ0) is 12.0. The van der Waals surface area contributed by atoms with Gasteiger partial charge in [-0.2, -0.15) is 0 Å². The molecule has 1 fully saturated rings. The van der Waals surface area contributed by atoms with Crippen LogP contribution in [0.4, 0.5) is 0 Å². The van der Waals surface area contributed by atoms with Crippen LogP contribution in [-0.4, -0.2) is 47.7 Å². The van der Waals surface area contributed by atoms with Crippen molar-refractivity contribution in [2.24, 2.45) is 0 Å². The summed E-state index contributed by atoms with van der Waals surface area (Å²) in [5.41, 5.74) is 0. The first-order chi connectivity index (χ1) is 7.63. The predicted molar refractivity (Wildman–Crippen MR) is 58.1 cm³/mol. The summed E-state index contributed by atoms with van der Waals surface area (Å²) in [5, 5.41) is 8.50. The fraction of sp³-hybridized carbons (Fsp3) is 0.818. The van der Waals surface area contributed by atoms with Gasteiger partial charge in [0.1, 0.15) is 0 Å². The molecule has 1 N–H and O–H groups in total. The second-order valence-corrected chi connectivity index (χ2v) is 3.95. The van der Waals surface area contributed by atoms with E-state index in [4.69, 9.17) is 9.84 Å². The number of carbonyl (C=O) groups excluding carboxylic acids is 1. The maximum atomic E-state index is 11.7. The largest absolute Gasteiger partial charge is 0.481 e. The number of ether oxygens (including phenoxy) is 1. The van der Waals surface area contributed by atoms with Gasteiger partial charge in [0.25, 0.3) is 0 Å². The van der Waals surface area contributed by atoms with E-state index < -0.39 is 5.97 Å². The molecule has 1 aliphatic heterocycles. The number of piperidine rings is 1. The number of carbonyl (C=O) groups is 2. The number of hydrogen-bond donors (Lipinski definition) is 1. The highest BCUT2D eigenvalue weighted by molar-refractivity contribution is 5.80. The lowest BCUT2D eigenvalue weighted by atomic mass is 10.1. The van der Waals surface area contributed by atoms with Gasteiger partial charge < -0.3 is 14.7 Å². The molecular formula is C11H19NO4. The maximum absolute atomic E-state index is 11.7. The second-order valence-electron chi connectivity index (χ2n) is 3.95. The first-order valence-electron chi connectivity index (χ1n) is 5.74. The molecule has 5 heteroatoms. The Morgan fingerprint density at radius 2 is 2.19 bits per heavy atom.